The van der Waals surface area contributed by atoms with Crippen LogP contribution < -0.4 is 26.2 Å². The van der Waals surface area contributed by atoms with Crippen molar-refractivity contribution in [3.05, 3.63) is 409 Å². The van der Waals surface area contributed by atoms with Crippen molar-refractivity contribution in [1.82, 2.24) is 23.7 Å². The molecule has 0 unspecified atom stereocenters. The number of anilines is 6. The van der Waals surface area contributed by atoms with Crippen molar-refractivity contribution in [3.63, 3.8) is 0 Å². The number of pyridine rings is 2. The highest BCUT2D eigenvalue weighted by Crippen LogP contribution is 2.53. The van der Waals surface area contributed by atoms with E-state index in [1.165, 1.54) is 54.9 Å². The Labute approximate surface area is 816 Å². The van der Waals surface area contributed by atoms with E-state index in [1.54, 1.807) is 0 Å². The van der Waals surface area contributed by atoms with Crippen LogP contribution in [0.5, 0.6) is 0 Å². The van der Waals surface area contributed by atoms with Gasteiger partial charge >= 0.3 is 0 Å². The van der Waals surface area contributed by atoms with Crippen molar-refractivity contribution in [2.24, 2.45) is 0 Å². The van der Waals surface area contributed by atoms with E-state index in [0.717, 1.165) is 190 Å². The molecule has 0 fully saturated rings. The van der Waals surface area contributed by atoms with E-state index in [9.17, 15) is 5.26 Å². The molecule has 0 saturated heterocycles. The van der Waals surface area contributed by atoms with Gasteiger partial charge < -0.3 is 14.4 Å². The maximum atomic E-state index is 10.5. The number of hydrogen-bond donors (Lipinski definition) is 0. The van der Waals surface area contributed by atoms with Crippen LogP contribution in [0.1, 0.15) is 163 Å². The maximum Gasteiger partial charge on any atom is 0.252 e. The van der Waals surface area contributed by atoms with Crippen LogP contribution >= 0.6 is 0 Å². The molecule has 0 bridgehead atoms. The van der Waals surface area contributed by atoms with Gasteiger partial charge in [-0.2, -0.15) is 5.26 Å². The fraction of sp³-hybridized carbons (Fsp3) is 0.177. The van der Waals surface area contributed by atoms with Crippen molar-refractivity contribution in [2.75, 3.05) is 9.80 Å². The Hall–Kier alpha value is -15.6. The molecule has 9 heteroatoms. The molecular weight excluding hydrogens is 1680 g/mol. The highest BCUT2D eigenvalue weighted by Gasteiger charge is 2.46. The van der Waals surface area contributed by atoms with E-state index < -0.39 is 6.71 Å². The van der Waals surface area contributed by atoms with E-state index in [0.29, 0.717) is 5.56 Å². The zero-order valence-corrected chi connectivity index (χ0v) is 82.5. The summed E-state index contributed by atoms with van der Waals surface area (Å²) in [7, 11) is 0. The molecule has 5 aromatic heterocycles. The minimum atomic E-state index is -0.465. The van der Waals surface area contributed by atoms with Gasteiger partial charge in [-0.05, 0) is 283 Å². The molecular formula is C130H113BN8. The van der Waals surface area contributed by atoms with Crippen LogP contribution in [-0.4, -0.2) is 30.4 Å². The Morgan fingerprint density at radius 1 is 0.259 bits per heavy atom. The molecule has 7 heterocycles. The number of nitrogens with zero attached hydrogens (tertiary/aromatic N) is 8. The first kappa shape index (κ1) is 87.4. The molecule has 8 nitrogen and oxygen atoms in total. The van der Waals surface area contributed by atoms with Gasteiger partial charge in [0.05, 0.1) is 67.5 Å². The molecule has 21 aromatic rings. The summed E-state index contributed by atoms with van der Waals surface area (Å²) >= 11 is 0. The third-order valence-electron chi connectivity index (χ3n) is 29.4. The maximum absolute atomic E-state index is 10.5. The fourth-order valence-corrected chi connectivity index (χ4v) is 21.7. The molecule has 0 aliphatic carbocycles. The smallest absolute Gasteiger partial charge is 0.252 e. The average Bonchev–Trinajstić information content (AvgIpc) is 1.37. The van der Waals surface area contributed by atoms with E-state index >= 15 is 0 Å². The minimum absolute atomic E-state index is 0.137. The molecule has 0 radical (unpaired) electrons. The van der Waals surface area contributed by atoms with Gasteiger partial charge in [-0.1, -0.05) is 348 Å². The molecule has 0 N–H and O–H groups in total. The summed E-state index contributed by atoms with van der Waals surface area (Å²) < 4.78 is 7.37. The predicted octanol–water partition coefficient (Wildman–Crippen LogP) is 33.0. The Morgan fingerprint density at radius 2 is 0.669 bits per heavy atom. The molecule has 23 rings (SSSR count). The zero-order chi connectivity index (χ0) is 95.8. The molecule has 2 aliphatic heterocycles. The fourth-order valence-electron chi connectivity index (χ4n) is 21.7. The first-order chi connectivity index (χ1) is 66.8. The lowest BCUT2D eigenvalue weighted by Crippen LogP contribution is -2.61. The molecule has 2 aliphatic rings. The van der Waals surface area contributed by atoms with E-state index in [1.807, 2.05) is 12.1 Å². The van der Waals surface area contributed by atoms with Crippen molar-refractivity contribution in [2.45, 2.75) is 151 Å². The topological polar surface area (TPSA) is 70.8 Å². The predicted molar refractivity (Wildman–Crippen MR) is 589 cm³/mol. The van der Waals surface area contributed by atoms with Crippen molar-refractivity contribution >= 4 is 123 Å². The van der Waals surface area contributed by atoms with Gasteiger partial charge in [-0.15, -0.1) is 0 Å². The number of aromatic nitrogens is 5. The molecule has 0 atom stereocenters. The Bertz CT molecular complexity index is 8420. The highest BCUT2D eigenvalue weighted by molar-refractivity contribution is 7.00. The number of rotatable bonds is 13. The van der Waals surface area contributed by atoms with Crippen LogP contribution in [0.2, 0.25) is 0 Å². The summed E-state index contributed by atoms with van der Waals surface area (Å²) in [5.41, 5.74) is 39.2. The summed E-state index contributed by atoms with van der Waals surface area (Å²) in [5.74, 6) is 1.90. The molecule has 0 spiro atoms. The number of hydrogen-bond acceptors (Lipinski definition) is 5. The first-order valence-corrected chi connectivity index (χ1v) is 49.2. The van der Waals surface area contributed by atoms with E-state index in [-0.39, 0.29) is 33.0 Å². The lowest BCUT2D eigenvalue weighted by molar-refractivity contribution is 0.590. The second-order valence-electron chi connectivity index (χ2n) is 44.0. The first-order valence-electron chi connectivity index (χ1n) is 49.2. The van der Waals surface area contributed by atoms with Crippen LogP contribution in [0.25, 0.3) is 161 Å². The van der Waals surface area contributed by atoms with Crippen molar-refractivity contribution < 1.29 is 0 Å². The Kier molecular flexibility index (Phi) is 20.6. The average molecular weight is 1800 g/mol. The lowest BCUT2D eigenvalue weighted by atomic mass is 9.33. The van der Waals surface area contributed by atoms with Crippen LogP contribution in [0.15, 0.2) is 370 Å². The summed E-state index contributed by atoms with van der Waals surface area (Å²) in [6, 6.07) is 142. The summed E-state index contributed by atoms with van der Waals surface area (Å²) in [5, 5.41) is 17.4. The zero-order valence-electron chi connectivity index (χ0n) is 82.5. The highest BCUT2D eigenvalue weighted by atomic mass is 15.2. The quantitative estimate of drug-likeness (QED) is 0.108. The van der Waals surface area contributed by atoms with Crippen LogP contribution in [0.3, 0.4) is 0 Å². The Balaban J connectivity index is 0.867. The minimum Gasteiger partial charge on any atom is -0.311 e. The summed E-state index contributed by atoms with van der Waals surface area (Å²) in [6.07, 6.45) is 0. The number of nitriles is 1. The molecule has 0 amide bonds. The van der Waals surface area contributed by atoms with E-state index in [2.05, 4.69) is 505 Å². The third kappa shape index (κ3) is 15.2. The summed E-state index contributed by atoms with van der Waals surface area (Å²) in [6.45, 7) is 38.9. The largest absolute Gasteiger partial charge is 0.311 e. The van der Waals surface area contributed by atoms with Gasteiger partial charge in [0.25, 0.3) is 6.71 Å². The van der Waals surface area contributed by atoms with Gasteiger partial charge in [0.2, 0.25) is 0 Å². The van der Waals surface area contributed by atoms with Crippen molar-refractivity contribution in [3.8, 4) is 102 Å². The number of fused-ring (bicyclic) bond motifs is 13. The van der Waals surface area contributed by atoms with Gasteiger partial charge in [0, 0.05) is 66.3 Å². The third-order valence-corrected chi connectivity index (χ3v) is 29.4. The molecule has 0 saturated carbocycles. The number of benzene rings is 16. The SMILES string of the molecule is CC(C)c1cccc(-c2cc(-c3ccc4c(c3)B3c5cc(-c6cccc(-n7c8ccc(C#N)cc8c8ccc(C(C)(C)C)cc87)n6)ccc5N(c5cc(-c6ccccc6)cc(-c6ccccc6)c5)c5cc(-n6c7ccc(C(C)(C)C)cc7c7cc(C(C)(C)C)ccc76)cc(c53)N4c3ccc(-c4ccccc4)cc3-c3ccccc3)nc(-n3c4cc(C(C)(C)C)ccc4c4ccc(C(C)(C)C)cc43)c2)c1. The molecule has 676 valence electrons. The molecule has 16 aromatic carbocycles. The van der Waals surface area contributed by atoms with E-state index in [4.69, 9.17) is 9.97 Å². The van der Waals surface area contributed by atoms with Crippen molar-refractivity contribution in [1.29, 1.82) is 5.26 Å². The van der Waals surface area contributed by atoms with Gasteiger partial charge in [0.15, 0.2) is 0 Å². The monoisotopic (exact) mass is 1800 g/mol. The molecule has 139 heavy (non-hydrogen) atoms. The van der Waals surface area contributed by atoms with Gasteiger partial charge in [-0.25, -0.2) is 9.97 Å². The Morgan fingerprint density at radius 3 is 1.19 bits per heavy atom. The van der Waals surface area contributed by atoms with Crippen LogP contribution in [0.4, 0.5) is 34.1 Å². The summed E-state index contributed by atoms with van der Waals surface area (Å²) in [4.78, 5) is 17.4. The second-order valence-corrected chi connectivity index (χ2v) is 44.0. The van der Waals surface area contributed by atoms with Crippen LogP contribution in [-0.2, 0) is 27.1 Å². The standard InChI is InChI=1S/C130H113BN8/c1-80(2)86-40-30-41-87(63-86)93-70-111(134-124(71-93)139-118-74-96(128(9,10)11)48-53-101(118)102-54-49-97(75-119(102)139)129(12,13)14)90-47-59-117-109(69-90)131-108-68-89(110-42-31-43-123(133-110)138-115-56-44-81(79-132)62-105(115)103-55-50-98(76-120(103)138)130(15,16)17)46-58-116(108)136(99-65-91(83-34-24-19-25-35-83)64-92(66-99)84-36-26-20-27-37-84)121-77-100(135-113-60-51-94(126(3,4)5)72-106(113)107-73-95(127(6,7)8)52-61-114(107)135)78-122(125(121)131)137(117)112-57-45-88(82-32-22-18-23-33-82)67-104(112)85-38-28-21-29-39-85/h18-78,80H,1-17H3. The van der Waals surface area contributed by atoms with Crippen LogP contribution in [0, 0.1) is 11.3 Å². The van der Waals surface area contributed by atoms with Gasteiger partial charge in [-0.3, -0.25) is 9.13 Å². The van der Waals surface area contributed by atoms with Gasteiger partial charge in [0.1, 0.15) is 11.6 Å². The second kappa shape index (κ2) is 32.8. The normalized spacial score (nSPS) is 12.9. The lowest BCUT2D eigenvalue weighted by Gasteiger charge is -2.45.